The lowest BCUT2D eigenvalue weighted by molar-refractivity contribution is 0.0595. The van der Waals surface area contributed by atoms with E-state index in [4.69, 9.17) is 44.5 Å². The number of hydrogen-bond donors (Lipinski definition) is 12. The summed E-state index contributed by atoms with van der Waals surface area (Å²) in [5.41, 5.74) is 39.4. The summed E-state index contributed by atoms with van der Waals surface area (Å²) >= 11 is 9.23. The normalized spacial score (nSPS) is 17.6. The predicted molar refractivity (Wildman–Crippen MR) is 502 cm³/mol. The summed E-state index contributed by atoms with van der Waals surface area (Å²) in [5.74, 6) is 1.41. The molecule has 3 aromatic heterocycles. The molecule has 33 heteroatoms. The molecular formula is C96H116BrCl2N21O9. The lowest BCUT2D eigenvalue weighted by Crippen LogP contribution is -2.40. The fraction of sp³-hybridized carbons (Fsp3) is 0.458. The maximum Gasteiger partial charge on any atom is 0.413 e. The molecule has 8 heterocycles. The van der Waals surface area contributed by atoms with Gasteiger partial charge < -0.3 is 69.6 Å². The molecule has 129 heavy (non-hydrogen) atoms. The number of nitrogens with zero attached hydrogens (tertiary/aromatic N) is 9. The van der Waals surface area contributed by atoms with Crippen LogP contribution in [0.1, 0.15) is 332 Å². The van der Waals surface area contributed by atoms with E-state index in [1.807, 2.05) is 89.2 Å². The van der Waals surface area contributed by atoms with E-state index in [0.29, 0.717) is 11.6 Å². The summed E-state index contributed by atoms with van der Waals surface area (Å²) < 4.78 is 10.7. The van der Waals surface area contributed by atoms with Crippen molar-refractivity contribution in [2.24, 2.45) is 5.73 Å². The highest BCUT2D eigenvalue weighted by Crippen LogP contribution is 2.50. The first-order valence-corrected chi connectivity index (χ1v) is 45.1. The second kappa shape index (κ2) is 40.2. The highest BCUT2D eigenvalue weighted by Gasteiger charge is 2.50. The molecule has 5 aliphatic heterocycles. The van der Waals surface area contributed by atoms with Crippen LogP contribution >= 0.6 is 39.9 Å². The van der Waals surface area contributed by atoms with E-state index in [1.165, 1.54) is 100.0 Å². The SMILES string of the molecule is CC(C)(C)OC(=O)Nc1ncnc(Cl)c1C#N.CC(C)(C)OC(N)=O.Cc1cc(Br)cc2c1C(=O)NC21CCCCC1.Cc1cc(C)c2c(c1)C1(CCCCC1)NC2=O.Cc1cc(N)cc2c1C(=O)NC21CCCCC1.Cc1cc(Nc2ncnc(N)c2C#N)cc2c1C(=O)NC21CCCCC1.Cc1cc(Nc2ncnc(N)c2C#N)cc2c1C(=O)NC21CCCCC1.Cl. The topological polar surface area (TPSA) is 487 Å². The number of hydrogen-bond acceptors (Lipinski definition) is 23. The molecule has 5 fully saturated rings. The molecule has 5 spiro atoms. The number of fused-ring (bicyclic) bond motifs is 10. The fourth-order valence-electron chi connectivity index (χ4n) is 19.9. The molecule has 8 aromatic rings. The van der Waals surface area contributed by atoms with Crippen LogP contribution in [0.4, 0.5) is 55.7 Å². The lowest BCUT2D eigenvalue weighted by atomic mass is 9.76. The standard InChI is InChI=1S/2C19H20N6O.C15H19NO.C14H16BrNO.C14H18N2O.C10H11ClN4O2.C5H11NO2.ClH/c2*1-11-7-12(24-17-13(9-20)16(21)22-10-23-17)8-14-15(11)18(26)25-19(14)5-3-2-4-6-19;1-10-8-11(2)13-12(9-10)15(16-14(13)17)6-4-3-5-7-15;2*1-9-7-10(15)8-11-12(9)13(17)16-14(11)5-3-2-4-6-14;1-10(2,3)17-9(16)15-8-6(4-12)7(11)13-5-14-8;1-5(2,3)8-4(6)7;/h2*7-8,10H,2-6H2,1H3,(H,25,26)(H3,21,22,23,24);8-9H,3-7H2,1-2H3,(H,16,17);7-8H,2-6H2,1H3,(H,16,17);7-8H,2-6,15H2,1H3,(H,16,17);5H,1-3H3,(H,13,14,15,16);1-3H3,(H2,6,7);1H. The van der Waals surface area contributed by atoms with Crippen LogP contribution in [0.15, 0.2) is 84.1 Å². The summed E-state index contributed by atoms with van der Waals surface area (Å²) in [6.07, 6.45) is 30.7. The van der Waals surface area contributed by atoms with Gasteiger partial charge in [0.15, 0.2) is 22.6 Å². The number of nitrogens with two attached hydrogens (primary N) is 4. The van der Waals surface area contributed by atoms with Gasteiger partial charge in [0.1, 0.15) is 76.7 Å². The first-order chi connectivity index (χ1) is 60.7. The number of carbonyl (C=O) groups is 7. The Morgan fingerprint density at radius 2 is 0.713 bits per heavy atom. The molecule has 30 nitrogen and oxygen atoms in total. The van der Waals surface area contributed by atoms with Crippen molar-refractivity contribution in [3.05, 3.63) is 195 Å². The lowest BCUT2D eigenvalue weighted by Gasteiger charge is -2.34. The van der Waals surface area contributed by atoms with Crippen LogP contribution in [0.2, 0.25) is 5.15 Å². The molecule has 5 saturated carbocycles. The van der Waals surface area contributed by atoms with E-state index in [-0.39, 0.29) is 109 Å². The van der Waals surface area contributed by atoms with Crippen LogP contribution in [-0.4, -0.2) is 82.8 Å². The molecule has 680 valence electrons. The number of nitrogens with one attached hydrogen (secondary N) is 8. The van der Waals surface area contributed by atoms with Crippen LogP contribution in [0, 0.1) is 75.5 Å². The zero-order valence-corrected chi connectivity index (χ0v) is 78.5. The molecule has 10 aliphatic rings. The average Bonchev–Trinajstić information content (AvgIpc) is 1.60. The van der Waals surface area contributed by atoms with Crippen LogP contribution in [-0.2, 0) is 37.2 Å². The monoisotopic (exact) mass is 1860 g/mol. The van der Waals surface area contributed by atoms with Gasteiger partial charge in [0.2, 0.25) is 0 Å². The Hall–Kier alpha value is -12.2. The summed E-state index contributed by atoms with van der Waals surface area (Å²) in [5, 5.41) is 52.3. The number of anilines is 8. The number of carbonyl (C=O) groups excluding carboxylic acids is 7. The Morgan fingerprint density at radius 3 is 1.05 bits per heavy atom. The molecule has 5 aromatic carbocycles. The van der Waals surface area contributed by atoms with Gasteiger partial charge in [-0.05, 0) is 251 Å². The van der Waals surface area contributed by atoms with Gasteiger partial charge in [0.05, 0.1) is 27.7 Å². The highest BCUT2D eigenvalue weighted by atomic mass is 79.9. The van der Waals surface area contributed by atoms with Gasteiger partial charge >= 0.3 is 12.2 Å². The number of halogens is 3. The largest absolute Gasteiger partial charge is 0.444 e. The summed E-state index contributed by atoms with van der Waals surface area (Å²) in [6, 6.07) is 26.1. The van der Waals surface area contributed by atoms with Crippen LogP contribution in [0.5, 0.6) is 0 Å². The number of nitriles is 3. The summed E-state index contributed by atoms with van der Waals surface area (Å²) in [7, 11) is 0. The van der Waals surface area contributed by atoms with Gasteiger partial charge in [0, 0.05) is 49.4 Å². The maximum absolute atomic E-state index is 12.6. The third kappa shape index (κ3) is 21.7. The van der Waals surface area contributed by atoms with Gasteiger partial charge in [-0.25, -0.2) is 39.5 Å². The number of ether oxygens (including phenoxy) is 2. The molecule has 0 bridgehead atoms. The molecule has 16 N–H and O–H groups in total. The minimum Gasteiger partial charge on any atom is -0.444 e. The number of benzene rings is 5. The fourth-order valence-corrected chi connectivity index (χ4v) is 20.6. The van der Waals surface area contributed by atoms with Crippen LogP contribution in [0.25, 0.3) is 0 Å². The molecule has 18 rings (SSSR count). The van der Waals surface area contributed by atoms with Gasteiger partial charge in [0.25, 0.3) is 29.5 Å². The van der Waals surface area contributed by atoms with Crippen LogP contribution in [0.3, 0.4) is 0 Å². The Kier molecular flexibility index (Phi) is 30.3. The molecular weight excluding hydrogens is 1740 g/mol. The van der Waals surface area contributed by atoms with Gasteiger partial charge in [-0.1, -0.05) is 142 Å². The van der Waals surface area contributed by atoms with E-state index in [2.05, 4.69) is 118 Å². The third-order valence-electron chi connectivity index (χ3n) is 25.3. The van der Waals surface area contributed by atoms with Crippen molar-refractivity contribution < 1.29 is 43.0 Å². The van der Waals surface area contributed by atoms with Gasteiger partial charge in [-0.3, -0.25) is 29.3 Å². The van der Waals surface area contributed by atoms with Crippen LogP contribution < -0.4 is 65.5 Å². The Bertz CT molecular complexity index is 5430. The smallest absolute Gasteiger partial charge is 0.413 e. The van der Waals surface area contributed by atoms with Crippen molar-refractivity contribution in [1.29, 1.82) is 15.8 Å². The van der Waals surface area contributed by atoms with Gasteiger partial charge in [-0.2, -0.15) is 15.8 Å². The molecule has 0 radical (unpaired) electrons. The zero-order chi connectivity index (χ0) is 92.6. The molecule has 0 atom stereocenters. The first-order valence-electron chi connectivity index (χ1n) is 43.9. The van der Waals surface area contributed by atoms with E-state index in [1.54, 1.807) is 47.6 Å². The number of aromatic nitrogens is 6. The molecule has 5 aliphatic carbocycles. The van der Waals surface area contributed by atoms with E-state index >= 15 is 0 Å². The first kappa shape index (κ1) is 97.4. The third-order valence-corrected chi connectivity index (χ3v) is 26.0. The van der Waals surface area contributed by atoms with Crippen molar-refractivity contribution in [3.8, 4) is 18.2 Å². The Labute approximate surface area is 772 Å². The summed E-state index contributed by atoms with van der Waals surface area (Å²) in [4.78, 5) is 106. The number of nitrogen functional groups attached to an aromatic ring is 3. The minimum atomic E-state index is -0.725. The maximum atomic E-state index is 12.6. The summed E-state index contributed by atoms with van der Waals surface area (Å²) in [6.45, 7) is 22.5. The second-order valence-corrected chi connectivity index (χ2v) is 38.2. The zero-order valence-electron chi connectivity index (χ0n) is 75.4. The quantitative estimate of drug-likeness (QED) is 0.0562. The minimum absolute atomic E-state index is 0. The number of aryl methyl sites for hydroxylation is 6. The van der Waals surface area contributed by atoms with Gasteiger partial charge in [-0.15, -0.1) is 12.4 Å². The Morgan fingerprint density at radius 1 is 0.411 bits per heavy atom. The van der Waals surface area contributed by atoms with Crippen molar-refractivity contribution in [2.45, 2.75) is 283 Å². The molecule has 0 unspecified atom stereocenters. The van der Waals surface area contributed by atoms with E-state index in [0.717, 1.165) is 190 Å². The number of primary amides is 1. The van der Waals surface area contributed by atoms with Crippen molar-refractivity contribution in [3.63, 3.8) is 0 Å². The average molecular weight is 1860 g/mol. The predicted octanol–water partition coefficient (Wildman–Crippen LogP) is 18.8. The van der Waals surface area contributed by atoms with Crippen molar-refractivity contribution in [1.82, 2.24) is 56.5 Å². The van der Waals surface area contributed by atoms with E-state index in [9.17, 15) is 44.1 Å². The molecule has 7 amide bonds. The Balaban J connectivity index is 0.000000148. The number of amides is 7. The molecule has 0 saturated heterocycles. The van der Waals surface area contributed by atoms with E-state index < -0.39 is 23.4 Å². The van der Waals surface area contributed by atoms with Crippen molar-refractivity contribution in [2.75, 3.05) is 33.2 Å². The van der Waals surface area contributed by atoms with Crippen molar-refractivity contribution >= 4 is 128 Å². The second-order valence-electron chi connectivity index (χ2n) is 36.9. The number of rotatable bonds is 5. The highest BCUT2D eigenvalue weighted by molar-refractivity contribution is 9.10.